The fraction of sp³-hybridized carbons (Fsp3) is 0.357. The van der Waals surface area contributed by atoms with Crippen LogP contribution in [0.25, 0.3) is 5.57 Å². The monoisotopic (exact) mass is 247 g/mol. The third-order valence-corrected chi connectivity index (χ3v) is 3.04. The zero-order valence-corrected chi connectivity index (χ0v) is 10.9. The Kier molecular flexibility index (Phi) is 3.55. The molecule has 1 aromatic carbocycles. The maximum Gasteiger partial charge on any atom is 0.166 e. The molecule has 4 nitrogen and oxygen atoms in total. The van der Waals surface area contributed by atoms with Gasteiger partial charge in [0.15, 0.2) is 17.3 Å². The third-order valence-electron chi connectivity index (χ3n) is 3.04. The van der Waals surface area contributed by atoms with Crippen LogP contribution in [-0.2, 0) is 4.79 Å². The second kappa shape index (κ2) is 5.12. The molecule has 18 heavy (non-hydrogen) atoms. The lowest BCUT2D eigenvalue weighted by atomic mass is 9.98. The molecule has 0 aliphatic carbocycles. The molecule has 1 heterocycles. The van der Waals surface area contributed by atoms with Crippen molar-refractivity contribution in [3.05, 3.63) is 30.0 Å². The number of hydrogen-bond acceptors (Lipinski definition) is 4. The number of allylic oxidation sites excluding steroid dienone is 1. The van der Waals surface area contributed by atoms with E-state index in [1.54, 1.807) is 14.2 Å². The minimum Gasteiger partial charge on any atom is -0.493 e. The van der Waals surface area contributed by atoms with E-state index < -0.39 is 0 Å². The van der Waals surface area contributed by atoms with Gasteiger partial charge < -0.3 is 14.4 Å². The molecule has 0 saturated heterocycles. The summed E-state index contributed by atoms with van der Waals surface area (Å²) in [4.78, 5) is 13.9. The van der Waals surface area contributed by atoms with Gasteiger partial charge in [0, 0.05) is 31.8 Å². The molecule has 0 bridgehead atoms. The normalized spacial score (nSPS) is 15.4. The van der Waals surface area contributed by atoms with E-state index in [9.17, 15) is 4.79 Å². The molecule has 0 saturated carbocycles. The van der Waals surface area contributed by atoms with Gasteiger partial charge in [-0.25, -0.2) is 0 Å². The van der Waals surface area contributed by atoms with Crippen molar-refractivity contribution in [2.75, 3.05) is 27.8 Å². The third kappa shape index (κ3) is 2.32. The number of ether oxygens (including phenoxy) is 2. The molecule has 2 rings (SSSR count). The Hall–Kier alpha value is -1.97. The molecule has 0 fully saturated rings. The fourth-order valence-corrected chi connectivity index (χ4v) is 2.01. The van der Waals surface area contributed by atoms with Crippen LogP contribution < -0.4 is 9.47 Å². The number of carbonyl (C=O) groups is 1. The van der Waals surface area contributed by atoms with E-state index in [-0.39, 0.29) is 5.78 Å². The summed E-state index contributed by atoms with van der Waals surface area (Å²) in [6, 6.07) is 5.53. The largest absolute Gasteiger partial charge is 0.493 e. The summed E-state index contributed by atoms with van der Waals surface area (Å²) in [5.74, 6) is 1.47. The summed E-state index contributed by atoms with van der Waals surface area (Å²) < 4.78 is 10.4. The van der Waals surface area contributed by atoms with Gasteiger partial charge in [0.1, 0.15) is 0 Å². The molecular weight excluding hydrogens is 230 g/mol. The van der Waals surface area contributed by atoms with Crippen molar-refractivity contribution in [2.45, 2.75) is 6.42 Å². The highest BCUT2D eigenvalue weighted by atomic mass is 16.5. The van der Waals surface area contributed by atoms with Crippen molar-refractivity contribution in [2.24, 2.45) is 0 Å². The van der Waals surface area contributed by atoms with E-state index in [4.69, 9.17) is 9.47 Å². The summed E-state index contributed by atoms with van der Waals surface area (Å²) in [6.07, 6.45) is 2.43. The highest BCUT2D eigenvalue weighted by molar-refractivity contribution is 6.21. The number of hydrogen-bond donors (Lipinski definition) is 0. The fourth-order valence-electron chi connectivity index (χ4n) is 2.01. The van der Waals surface area contributed by atoms with Crippen molar-refractivity contribution >= 4 is 11.4 Å². The van der Waals surface area contributed by atoms with Gasteiger partial charge in [-0.1, -0.05) is 6.07 Å². The van der Waals surface area contributed by atoms with Gasteiger partial charge >= 0.3 is 0 Å². The predicted octanol–water partition coefficient (Wildman–Crippen LogP) is 1.95. The first-order chi connectivity index (χ1) is 8.65. The number of rotatable bonds is 3. The van der Waals surface area contributed by atoms with Crippen molar-refractivity contribution in [3.8, 4) is 11.5 Å². The molecule has 0 radical (unpaired) electrons. The lowest BCUT2D eigenvalue weighted by molar-refractivity contribution is -0.114. The molecule has 4 heteroatoms. The van der Waals surface area contributed by atoms with Gasteiger partial charge in [0.2, 0.25) is 0 Å². The summed E-state index contributed by atoms with van der Waals surface area (Å²) in [5, 5.41) is 0. The van der Waals surface area contributed by atoms with Crippen LogP contribution in [0.3, 0.4) is 0 Å². The maximum atomic E-state index is 11.9. The first-order valence-electron chi connectivity index (χ1n) is 5.83. The quantitative estimate of drug-likeness (QED) is 0.818. The van der Waals surface area contributed by atoms with Crippen LogP contribution in [0.5, 0.6) is 11.5 Å². The minimum absolute atomic E-state index is 0.167. The first kappa shape index (κ1) is 12.5. The van der Waals surface area contributed by atoms with Crippen LogP contribution in [0, 0.1) is 0 Å². The SMILES string of the molecule is COc1ccc(C2=CN(C)CCC2=O)cc1OC. The van der Waals surface area contributed by atoms with E-state index in [1.807, 2.05) is 36.3 Å². The van der Waals surface area contributed by atoms with Gasteiger partial charge in [-0.05, 0) is 17.7 Å². The number of benzene rings is 1. The minimum atomic E-state index is 0.167. The highest BCUT2D eigenvalue weighted by Crippen LogP contribution is 2.31. The van der Waals surface area contributed by atoms with E-state index in [1.165, 1.54) is 0 Å². The average molecular weight is 247 g/mol. The number of nitrogens with zero attached hydrogens (tertiary/aromatic N) is 1. The Balaban J connectivity index is 2.42. The van der Waals surface area contributed by atoms with Crippen molar-refractivity contribution in [1.29, 1.82) is 0 Å². The average Bonchev–Trinajstić information content (AvgIpc) is 2.40. The van der Waals surface area contributed by atoms with Crippen molar-refractivity contribution in [1.82, 2.24) is 4.90 Å². The van der Waals surface area contributed by atoms with E-state index in [2.05, 4.69) is 0 Å². The summed E-state index contributed by atoms with van der Waals surface area (Å²) in [7, 11) is 5.15. The van der Waals surface area contributed by atoms with Gasteiger partial charge in [-0.3, -0.25) is 4.79 Å². The molecule has 0 spiro atoms. The van der Waals surface area contributed by atoms with Gasteiger partial charge in [-0.15, -0.1) is 0 Å². The zero-order valence-electron chi connectivity index (χ0n) is 10.9. The second-order valence-corrected chi connectivity index (χ2v) is 4.27. The van der Waals surface area contributed by atoms with Crippen LogP contribution in [0.15, 0.2) is 24.4 Å². The lowest BCUT2D eigenvalue weighted by Crippen LogP contribution is -2.23. The van der Waals surface area contributed by atoms with Crippen molar-refractivity contribution < 1.29 is 14.3 Å². The molecule has 0 aromatic heterocycles. The Labute approximate surface area is 107 Å². The topological polar surface area (TPSA) is 38.8 Å². The van der Waals surface area contributed by atoms with Crippen LogP contribution in [0.2, 0.25) is 0 Å². The van der Waals surface area contributed by atoms with E-state index in [0.29, 0.717) is 17.9 Å². The van der Waals surface area contributed by atoms with Gasteiger partial charge in [0.05, 0.1) is 14.2 Å². The molecule has 1 aliphatic rings. The molecule has 0 amide bonds. The molecular formula is C14H17NO3. The van der Waals surface area contributed by atoms with Gasteiger partial charge in [-0.2, -0.15) is 0 Å². The summed E-state index contributed by atoms with van der Waals surface area (Å²) >= 11 is 0. The number of methoxy groups -OCH3 is 2. The standard InChI is InChI=1S/C14H17NO3/c1-15-7-6-12(16)11(9-15)10-4-5-13(17-2)14(8-10)18-3/h4-5,8-9H,6-7H2,1-3H3. The highest BCUT2D eigenvalue weighted by Gasteiger charge is 2.19. The number of carbonyl (C=O) groups excluding carboxylic acids is 1. The lowest BCUT2D eigenvalue weighted by Gasteiger charge is -2.22. The smallest absolute Gasteiger partial charge is 0.166 e. The Morgan fingerprint density at radius 1 is 1.17 bits per heavy atom. The summed E-state index contributed by atoms with van der Waals surface area (Å²) in [5.41, 5.74) is 1.59. The molecule has 1 aromatic rings. The maximum absolute atomic E-state index is 11.9. The van der Waals surface area contributed by atoms with Crippen LogP contribution in [0.4, 0.5) is 0 Å². The second-order valence-electron chi connectivity index (χ2n) is 4.27. The predicted molar refractivity (Wildman–Crippen MR) is 69.8 cm³/mol. The van der Waals surface area contributed by atoms with E-state index in [0.717, 1.165) is 17.7 Å². The van der Waals surface area contributed by atoms with Gasteiger partial charge in [0.25, 0.3) is 0 Å². The molecule has 96 valence electrons. The Morgan fingerprint density at radius 3 is 2.56 bits per heavy atom. The Bertz CT molecular complexity index is 494. The Morgan fingerprint density at radius 2 is 1.89 bits per heavy atom. The molecule has 1 aliphatic heterocycles. The van der Waals surface area contributed by atoms with Crippen LogP contribution in [0.1, 0.15) is 12.0 Å². The molecule has 0 atom stereocenters. The number of ketones is 1. The molecule has 0 unspecified atom stereocenters. The first-order valence-corrected chi connectivity index (χ1v) is 5.83. The van der Waals surface area contributed by atoms with Crippen LogP contribution >= 0.6 is 0 Å². The van der Waals surface area contributed by atoms with Crippen LogP contribution in [-0.4, -0.2) is 38.5 Å². The zero-order chi connectivity index (χ0) is 13.1. The summed E-state index contributed by atoms with van der Waals surface area (Å²) in [6.45, 7) is 0.773. The molecule has 0 N–H and O–H groups in total. The number of Topliss-reactive ketones (excluding diaryl/α,β-unsaturated/α-hetero) is 1. The van der Waals surface area contributed by atoms with Crippen molar-refractivity contribution in [3.63, 3.8) is 0 Å². The van der Waals surface area contributed by atoms with E-state index >= 15 is 0 Å².